The van der Waals surface area contributed by atoms with Gasteiger partial charge >= 0.3 is 0 Å². The lowest BCUT2D eigenvalue weighted by Gasteiger charge is -2.40. The molecule has 3 aliphatic rings. The first-order chi connectivity index (χ1) is 12.2. The fraction of sp³-hybridized carbons (Fsp3) is 0.700. The molecule has 0 saturated carbocycles. The Hall–Kier alpha value is -1.46. The Morgan fingerprint density at radius 3 is 2.76 bits per heavy atom. The Bertz CT molecular complexity index is 578. The summed E-state index contributed by atoms with van der Waals surface area (Å²) in [6.07, 6.45) is 8.02. The molecule has 0 unspecified atom stereocenters. The molecule has 1 aromatic rings. The van der Waals surface area contributed by atoms with Gasteiger partial charge in [-0.05, 0) is 49.7 Å². The molecule has 4 heterocycles. The smallest absolute Gasteiger partial charge is 0.225 e. The maximum Gasteiger partial charge on any atom is 0.225 e. The van der Waals surface area contributed by atoms with Gasteiger partial charge in [0, 0.05) is 50.5 Å². The van der Waals surface area contributed by atoms with Gasteiger partial charge in [0.1, 0.15) is 0 Å². The first kappa shape index (κ1) is 17.0. The van der Waals surface area contributed by atoms with Gasteiger partial charge in [-0.3, -0.25) is 9.78 Å². The zero-order valence-corrected chi connectivity index (χ0v) is 14.9. The quantitative estimate of drug-likeness (QED) is 0.845. The fourth-order valence-electron chi connectivity index (χ4n) is 4.53. The lowest BCUT2D eigenvalue weighted by Crippen LogP contribution is -2.46. The molecular formula is C20H28N2O3. The minimum Gasteiger partial charge on any atom is -0.381 e. The highest BCUT2D eigenvalue weighted by Gasteiger charge is 2.43. The van der Waals surface area contributed by atoms with Crippen molar-refractivity contribution >= 4 is 5.91 Å². The summed E-state index contributed by atoms with van der Waals surface area (Å²) >= 11 is 0. The molecule has 25 heavy (non-hydrogen) atoms. The summed E-state index contributed by atoms with van der Waals surface area (Å²) < 4.78 is 11.5. The first-order valence-electron chi connectivity index (χ1n) is 9.62. The summed E-state index contributed by atoms with van der Waals surface area (Å²) in [6.45, 7) is 4.07. The van der Waals surface area contributed by atoms with Crippen molar-refractivity contribution in [3.05, 3.63) is 30.1 Å². The summed E-state index contributed by atoms with van der Waals surface area (Å²) in [5.74, 6) is 0.529. The Morgan fingerprint density at radius 2 is 2.04 bits per heavy atom. The molecule has 0 aromatic carbocycles. The highest BCUT2D eigenvalue weighted by atomic mass is 16.5. The number of aromatic nitrogens is 1. The maximum atomic E-state index is 12.7. The number of piperidine rings is 1. The third-order valence-corrected chi connectivity index (χ3v) is 6.16. The van der Waals surface area contributed by atoms with Gasteiger partial charge in [0.25, 0.3) is 0 Å². The lowest BCUT2D eigenvalue weighted by atomic mass is 9.76. The van der Waals surface area contributed by atoms with Crippen molar-refractivity contribution in [3.8, 4) is 0 Å². The molecule has 136 valence electrons. The van der Waals surface area contributed by atoms with Crippen LogP contribution in [0.1, 0.15) is 37.8 Å². The van der Waals surface area contributed by atoms with Crippen LogP contribution in [-0.4, -0.2) is 54.8 Å². The van der Waals surface area contributed by atoms with E-state index >= 15 is 0 Å². The summed E-state index contributed by atoms with van der Waals surface area (Å²) in [7, 11) is 0. The SMILES string of the molecule is O=C(C1CCOCC1)N1CCC2(CC1)CO[C@@H](Cc1ccccn1)C2. The average Bonchev–Trinajstić information content (AvgIpc) is 3.05. The standard InChI is InChI=1S/C20H28N2O3/c23-19(16-4-11-24-12-5-16)22-9-6-20(7-10-22)14-18(25-15-20)13-17-3-1-2-8-21-17/h1-3,8,16,18H,4-7,9-15H2/t18-/m0/s1. The van der Waals surface area contributed by atoms with Crippen LogP contribution in [0.3, 0.4) is 0 Å². The zero-order chi connectivity index (χ0) is 17.1. The summed E-state index contributed by atoms with van der Waals surface area (Å²) in [6, 6.07) is 6.06. The van der Waals surface area contributed by atoms with Gasteiger partial charge in [-0.1, -0.05) is 6.07 Å². The topological polar surface area (TPSA) is 51.7 Å². The number of carbonyl (C=O) groups is 1. The van der Waals surface area contributed by atoms with E-state index in [0.717, 1.165) is 77.1 Å². The van der Waals surface area contributed by atoms with E-state index in [1.807, 2.05) is 18.3 Å². The van der Waals surface area contributed by atoms with Crippen LogP contribution in [0, 0.1) is 11.3 Å². The molecule has 0 radical (unpaired) electrons. The lowest BCUT2D eigenvalue weighted by molar-refractivity contribution is -0.140. The largest absolute Gasteiger partial charge is 0.381 e. The van der Waals surface area contributed by atoms with Crippen LogP contribution in [0.15, 0.2) is 24.4 Å². The van der Waals surface area contributed by atoms with Crippen LogP contribution in [-0.2, 0) is 20.7 Å². The third kappa shape index (κ3) is 3.87. The first-order valence-corrected chi connectivity index (χ1v) is 9.62. The van der Waals surface area contributed by atoms with Gasteiger partial charge in [0.15, 0.2) is 0 Å². The van der Waals surface area contributed by atoms with Gasteiger partial charge in [-0.15, -0.1) is 0 Å². The van der Waals surface area contributed by atoms with Gasteiger partial charge < -0.3 is 14.4 Å². The van der Waals surface area contributed by atoms with Gasteiger partial charge in [0.05, 0.1) is 12.7 Å². The van der Waals surface area contributed by atoms with Crippen molar-refractivity contribution in [1.29, 1.82) is 0 Å². The van der Waals surface area contributed by atoms with Crippen LogP contribution in [0.25, 0.3) is 0 Å². The molecule has 5 nitrogen and oxygen atoms in total. The molecule has 1 spiro atoms. The predicted molar refractivity (Wildman–Crippen MR) is 94.1 cm³/mol. The molecule has 3 fully saturated rings. The molecule has 0 aliphatic carbocycles. The number of rotatable bonds is 3. The Kier molecular flexibility index (Phi) is 5.04. The summed E-state index contributed by atoms with van der Waals surface area (Å²) in [4.78, 5) is 19.2. The molecule has 3 saturated heterocycles. The van der Waals surface area contributed by atoms with Crippen molar-refractivity contribution in [1.82, 2.24) is 9.88 Å². The van der Waals surface area contributed by atoms with Crippen molar-refractivity contribution in [2.75, 3.05) is 32.9 Å². The number of pyridine rings is 1. The van der Waals surface area contributed by atoms with E-state index in [2.05, 4.69) is 16.0 Å². The highest BCUT2D eigenvalue weighted by Crippen LogP contribution is 2.43. The predicted octanol–water partition coefficient (Wildman–Crippen LogP) is 2.45. The molecular weight excluding hydrogens is 316 g/mol. The van der Waals surface area contributed by atoms with Gasteiger partial charge in [-0.25, -0.2) is 0 Å². The van der Waals surface area contributed by atoms with E-state index in [1.54, 1.807) is 0 Å². The van der Waals surface area contributed by atoms with Crippen LogP contribution in [0.2, 0.25) is 0 Å². The van der Waals surface area contributed by atoms with Crippen LogP contribution < -0.4 is 0 Å². The van der Waals surface area contributed by atoms with Crippen molar-refractivity contribution in [2.45, 2.75) is 44.6 Å². The number of amides is 1. The number of ether oxygens (including phenoxy) is 2. The van der Waals surface area contributed by atoms with Gasteiger partial charge in [0.2, 0.25) is 5.91 Å². The molecule has 1 aromatic heterocycles. The maximum absolute atomic E-state index is 12.7. The van der Waals surface area contributed by atoms with E-state index in [4.69, 9.17) is 9.47 Å². The number of hydrogen-bond donors (Lipinski definition) is 0. The molecule has 3 aliphatic heterocycles. The molecule has 1 atom stereocenters. The molecule has 4 rings (SSSR count). The van der Waals surface area contributed by atoms with Crippen LogP contribution >= 0.6 is 0 Å². The Labute approximate surface area is 149 Å². The fourth-order valence-corrected chi connectivity index (χ4v) is 4.53. The zero-order valence-electron chi connectivity index (χ0n) is 14.9. The number of hydrogen-bond acceptors (Lipinski definition) is 4. The second-order valence-electron chi connectivity index (χ2n) is 7.87. The highest BCUT2D eigenvalue weighted by molar-refractivity contribution is 5.79. The number of likely N-dealkylation sites (tertiary alicyclic amines) is 1. The minimum absolute atomic E-state index is 0.180. The van der Waals surface area contributed by atoms with E-state index in [-0.39, 0.29) is 17.4 Å². The number of carbonyl (C=O) groups excluding carboxylic acids is 1. The molecule has 1 amide bonds. The Balaban J connectivity index is 1.29. The van der Waals surface area contributed by atoms with Crippen molar-refractivity contribution in [2.24, 2.45) is 11.3 Å². The van der Waals surface area contributed by atoms with E-state index in [0.29, 0.717) is 5.91 Å². The normalized spacial score (nSPS) is 26.9. The molecule has 5 heteroatoms. The Morgan fingerprint density at radius 1 is 1.24 bits per heavy atom. The van der Waals surface area contributed by atoms with Crippen LogP contribution in [0.5, 0.6) is 0 Å². The van der Waals surface area contributed by atoms with Gasteiger partial charge in [-0.2, -0.15) is 0 Å². The van der Waals surface area contributed by atoms with E-state index in [1.165, 1.54) is 0 Å². The second kappa shape index (κ2) is 7.42. The monoisotopic (exact) mass is 344 g/mol. The van der Waals surface area contributed by atoms with E-state index in [9.17, 15) is 4.79 Å². The van der Waals surface area contributed by atoms with Crippen LogP contribution in [0.4, 0.5) is 0 Å². The minimum atomic E-state index is 0.180. The third-order valence-electron chi connectivity index (χ3n) is 6.16. The average molecular weight is 344 g/mol. The summed E-state index contributed by atoms with van der Waals surface area (Å²) in [5.41, 5.74) is 1.38. The van der Waals surface area contributed by atoms with Crippen molar-refractivity contribution in [3.63, 3.8) is 0 Å². The number of nitrogens with zero attached hydrogens (tertiary/aromatic N) is 2. The van der Waals surface area contributed by atoms with Crippen molar-refractivity contribution < 1.29 is 14.3 Å². The van der Waals surface area contributed by atoms with E-state index < -0.39 is 0 Å². The molecule has 0 N–H and O–H groups in total. The second-order valence-corrected chi connectivity index (χ2v) is 7.87. The molecule has 0 bridgehead atoms. The summed E-state index contributed by atoms with van der Waals surface area (Å²) in [5, 5.41) is 0.